The van der Waals surface area contributed by atoms with Crippen LogP contribution in [0.3, 0.4) is 0 Å². The van der Waals surface area contributed by atoms with E-state index in [-0.39, 0.29) is 0 Å². The molecule has 0 saturated carbocycles. The molecule has 51 heavy (non-hydrogen) atoms. The minimum atomic E-state index is 0.908. The molecule has 3 heterocycles. The lowest BCUT2D eigenvalue weighted by molar-refractivity contribution is 0.669. The van der Waals surface area contributed by atoms with Crippen molar-refractivity contribution in [3.8, 4) is 33.6 Å². The van der Waals surface area contributed by atoms with Gasteiger partial charge in [-0.25, -0.2) is 0 Å². The van der Waals surface area contributed by atoms with Crippen LogP contribution in [0.1, 0.15) is 0 Å². The molecule has 3 nitrogen and oxygen atoms in total. The van der Waals surface area contributed by atoms with Gasteiger partial charge in [-0.3, -0.25) is 0 Å². The van der Waals surface area contributed by atoms with E-state index >= 15 is 0 Å². The van der Waals surface area contributed by atoms with Crippen molar-refractivity contribution in [2.75, 3.05) is 0 Å². The summed E-state index contributed by atoms with van der Waals surface area (Å²) in [4.78, 5) is 0. The van der Waals surface area contributed by atoms with Crippen molar-refractivity contribution in [2.45, 2.75) is 0 Å². The second-order valence-electron chi connectivity index (χ2n) is 13.4. The maximum Gasteiger partial charge on any atom is 0.136 e. The third-order valence-corrected chi connectivity index (χ3v) is 10.5. The van der Waals surface area contributed by atoms with Crippen molar-refractivity contribution in [1.82, 2.24) is 9.13 Å². The Morgan fingerprint density at radius 1 is 0.275 bits per heavy atom. The molecule has 0 amide bonds. The number of nitrogens with zero attached hydrogens (tertiary/aromatic N) is 2. The standard InChI is InChI=1S/C48H30N2O/c1-2-12-35(13-3-1)49-43-18-7-4-15-37(43)39-24-21-33(29-46(39)49)32-23-26-45-42(28-32)38-16-5-8-19-44(38)50(45)36-14-10-11-31(27-36)34-22-25-41-40-17-6-9-20-47(40)51-48(41)30-34/h1-30H. The Morgan fingerprint density at radius 3 is 1.63 bits per heavy atom. The summed E-state index contributed by atoms with van der Waals surface area (Å²) in [6.45, 7) is 0. The lowest BCUT2D eigenvalue weighted by Gasteiger charge is -2.11. The molecular formula is C48H30N2O. The van der Waals surface area contributed by atoms with Gasteiger partial charge < -0.3 is 13.6 Å². The highest BCUT2D eigenvalue weighted by atomic mass is 16.3. The lowest BCUT2D eigenvalue weighted by Crippen LogP contribution is -1.94. The zero-order valence-corrected chi connectivity index (χ0v) is 27.6. The first-order valence-corrected chi connectivity index (χ1v) is 17.4. The van der Waals surface area contributed by atoms with Gasteiger partial charge >= 0.3 is 0 Å². The second kappa shape index (κ2) is 10.8. The monoisotopic (exact) mass is 650 g/mol. The van der Waals surface area contributed by atoms with Crippen molar-refractivity contribution in [3.63, 3.8) is 0 Å². The number of benzene rings is 8. The molecule has 0 aliphatic rings. The highest BCUT2D eigenvalue weighted by molar-refractivity contribution is 6.12. The largest absolute Gasteiger partial charge is 0.456 e. The van der Waals surface area contributed by atoms with Gasteiger partial charge in [0.2, 0.25) is 0 Å². The van der Waals surface area contributed by atoms with E-state index in [9.17, 15) is 0 Å². The van der Waals surface area contributed by atoms with Crippen LogP contribution in [0.4, 0.5) is 0 Å². The third kappa shape index (κ3) is 4.25. The van der Waals surface area contributed by atoms with Crippen LogP contribution in [-0.4, -0.2) is 9.13 Å². The Kier molecular flexibility index (Phi) is 5.96. The van der Waals surface area contributed by atoms with Crippen molar-refractivity contribution >= 4 is 65.6 Å². The number of rotatable bonds is 4. The van der Waals surface area contributed by atoms with Crippen LogP contribution >= 0.6 is 0 Å². The predicted molar refractivity (Wildman–Crippen MR) is 213 cm³/mol. The first-order valence-electron chi connectivity index (χ1n) is 17.4. The number of fused-ring (bicyclic) bond motifs is 9. The molecule has 0 radical (unpaired) electrons. The number of furan rings is 1. The molecule has 0 aliphatic carbocycles. The number of hydrogen-bond acceptors (Lipinski definition) is 1. The highest BCUT2D eigenvalue weighted by Crippen LogP contribution is 2.39. The van der Waals surface area contributed by atoms with Gasteiger partial charge in [0.1, 0.15) is 11.2 Å². The molecule has 0 N–H and O–H groups in total. The molecule has 238 valence electrons. The third-order valence-electron chi connectivity index (χ3n) is 10.5. The zero-order valence-electron chi connectivity index (χ0n) is 27.6. The molecule has 0 spiro atoms. The van der Waals surface area contributed by atoms with Gasteiger partial charge in [0.05, 0.1) is 22.1 Å². The summed E-state index contributed by atoms with van der Waals surface area (Å²) in [6, 6.07) is 65.6. The molecule has 3 heteroatoms. The smallest absolute Gasteiger partial charge is 0.136 e. The van der Waals surface area contributed by atoms with Gasteiger partial charge in [0, 0.05) is 43.7 Å². The summed E-state index contributed by atoms with van der Waals surface area (Å²) in [7, 11) is 0. The number of aromatic nitrogens is 2. The van der Waals surface area contributed by atoms with Crippen molar-refractivity contribution in [2.24, 2.45) is 0 Å². The van der Waals surface area contributed by atoms with Gasteiger partial charge in [-0.15, -0.1) is 0 Å². The Morgan fingerprint density at radius 2 is 0.804 bits per heavy atom. The van der Waals surface area contributed by atoms with E-state index in [1.165, 1.54) is 60.4 Å². The van der Waals surface area contributed by atoms with E-state index in [1.807, 2.05) is 12.1 Å². The average Bonchev–Trinajstić information content (AvgIpc) is 3.85. The van der Waals surface area contributed by atoms with Crippen LogP contribution < -0.4 is 0 Å². The summed E-state index contributed by atoms with van der Waals surface area (Å²) in [6.07, 6.45) is 0. The van der Waals surface area contributed by atoms with Crippen LogP contribution in [0, 0.1) is 0 Å². The van der Waals surface area contributed by atoms with E-state index in [0.717, 1.165) is 38.8 Å². The molecule has 0 unspecified atom stereocenters. The summed E-state index contributed by atoms with van der Waals surface area (Å²) in [5.41, 5.74) is 13.6. The topological polar surface area (TPSA) is 23.0 Å². The highest BCUT2D eigenvalue weighted by Gasteiger charge is 2.17. The van der Waals surface area contributed by atoms with Crippen LogP contribution in [0.5, 0.6) is 0 Å². The average molecular weight is 651 g/mol. The van der Waals surface area contributed by atoms with Crippen molar-refractivity contribution < 1.29 is 4.42 Å². The molecule has 3 aromatic heterocycles. The SMILES string of the molecule is c1ccc(-n2c3ccccc3c3ccc(-c4ccc5c(c4)c4ccccc4n5-c4cccc(-c5ccc6c(c5)oc5ccccc56)c4)cc32)cc1. The van der Waals surface area contributed by atoms with Crippen LogP contribution in [-0.2, 0) is 0 Å². The van der Waals surface area contributed by atoms with Gasteiger partial charge in [0.25, 0.3) is 0 Å². The Bertz CT molecular complexity index is 3140. The summed E-state index contributed by atoms with van der Waals surface area (Å²) in [5, 5.41) is 7.29. The second-order valence-corrected chi connectivity index (χ2v) is 13.4. The molecule has 8 aromatic carbocycles. The molecule has 0 fully saturated rings. The molecule has 0 atom stereocenters. The lowest BCUT2D eigenvalue weighted by atomic mass is 10.0. The fourth-order valence-corrected chi connectivity index (χ4v) is 8.17. The summed E-state index contributed by atoms with van der Waals surface area (Å²) >= 11 is 0. The van der Waals surface area contributed by atoms with Gasteiger partial charge in [-0.05, 0) is 95.1 Å². The fourth-order valence-electron chi connectivity index (χ4n) is 8.17. The zero-order chi connectivity index (χ0) is 33.5. The quantitative estimate of drug-likeness (QED) is 0.186. The van der Waals surface area contributed by atoms with Crippen LogP contribution in [0.25, 0.3) is 99.2 Å². The minimum Gasteiger partial charge on any atom is -0.456 e. The fraction of sp³-hybridized carbons (Fsp3) is 0. The Hall–Kier alpha value is -6.84. The summed E-state index contributed by atoms with van der Waals surface area (Å²) in [5.74, 6) is 0. The molecule has 0 bridgehead atoms. The van der Waals surface area contributed by atoms with E-state index in [2.05, 4.69) is 179 Å². The van der Waals surface area contributed by atoms with E-state index in [1.54, 1.807) is 0 Å². The van der Waals surface area contributed by atoms with E-state index < -0.39 is 0 Å². The van der Waals surface area contributed by atoms with Crippen molar-refractivity contribution in [1.29, 1.82) is 0 Å². The Balaban J connectivity index is 1.06. The minimum absolute atomic E-state index is 0.908. The maximum absolute atomic E-state index is 6.24. The maximum atomic E-state index is 6.24. The normalized spacial score (nSPS) is 11.9. The molecule has 0 saturated heterocycles. The molecule has 11 aromatic rings. The van der Waals surface area contributed by atoms with Gasteiger partial charge in [-0.1, -0.05) is 109 Å². The Labute approximate surface area is 293 Å². The van der Waals surface area contributed by atoms with E-state index in [0.29, 0.717) is 0 Å². The van der Waals surface area contributed by atoms with Crippen LogP contribution in [0.2, 0.25) is 0 Å². The van der Waals surface area contributed by atoms with E-state index in [4.69, 9.17) is 4.42 Å². The molecular weight excluding hydrogens is 621 g/mol. The van der Waals surface area contributed by atoms with Gasteiger partial charge in [-0.2, -0.15) is 0 Å². The predicted octanol–water partition coefficient (Wildman–Crippen LogP) is 13.1. The van der Waals surface area contributed by atoms with Crippen LogP contribution in [0.15, 0.2) is 186 Å². The number of hydrogen-bond donors (Lipinski definition) is 0. The molecule has 0 aliphatic heterocycles. The first-order chi connectivity index (χ1) is 25.3. The van der Waals surface area contributed by atoms with Gasteiger partial charge in [0.15, 0.2) is 0 Å². The summed E-state index contributed by atoms with van der Waals surface area (Å²) < 4.78 is 11.0. The van der Waals surface area contributed by atoms with Crippen molar-refractivity contribution in [3.05, 3.63) is 182 Å². The molecule has 11 rings (SSSR count). The number of para-hydroxylation sites is 4. The first kappa shape index (κ1) is 28.0.